The van der Waals surface area contributed by atoms with E-state index in [1.165, 1.54) is 0 Å². The molecule has 0 unspecified atom stereocenters. The summed E-state index contributed by atoms with van der Waals surface area (Å²) >= 11 is 4.01. The minimum Gasteiger partial charge on any atom is -0.375 e. The Morgan fingerprint density at radius 3 is 2.73 bits per heavy atom. The fourth-order valence-electron chi connectivity index (χ4n) is 0.891. The Balaban J connectivity index is 2.96. The summed E-state index contributed by atoms with van der Waals surface area (Å²) in [6, 6.07) is 0. The Bertz CT molecular complexity index is 480. The Morgan fingerprint density at radius 2 is 2.33 bits per heavy atom. The summed E-state index contributed by atoms with van der Waals surface area (Å²) in [5.41, 5.74) is 5.83. The molecule has 0 aliphatic heterocycles. The van der Waals surface area contributed by atoms with E-state index in [2.05, 4.69) is 32.2 Å². The largest absolute Gasteiger partial charge is 0.375 e. The average molecular weight is 312 g/mol. The second-order valence-corrected chi connectivity index (χ2v) is 6.88. The normalized spacial score (nSPS) is 11.6. The van der Waals surface area contributed by atoms with Gasteiger partial charge in [-0.25, -0.2) is 18.1 Å². The number of nitrogens with two attached hydrogens (primary N) is 1. The number of nitrogens with one attached hydrogen (secondary N) is 1. The van der Waals surface area contributed by atoms with Gasteiger partial charge in [-0.3, -0.25) is 0 Å². The maximum Gasteiger partial charge on any atom is 0.252 e. The number of aromatic nitrogens is 1. The van der Waals surface area contributed by atoms with Gasteiger partial charge in [0.25, 0.3) is 10.0 Å². The Morgan fingerprint density at radius 1 is 1.73 bits per heavy atom. The van der Waals surface area contributed by atoms with Crippen molar-refractivity contribution in [2.75, 3.05) is 12.3 Å². The van der Waals surface area contributed by atoms with Crippen LogP contribution in [0.2, 0.25) is 0 Å². The number of sulfonamides is 1. The van der Waals surface area contributed by atoms with Gasteiger partial charge in [0.1, 0.15) is 0 Å². The van der Waals surface area contributed by atoms with Gasteiger partial charge in [0, 0.05) is 11.0 Å². The van der Waals surface area contributed by atoms with Crippen molar-refractivity contribution in [3.8, 4) is 0 Å². The third kappa shape index (κ3) is 3.26. The van der Waals surface area contributed by atoms with Crippen LogP contribution in [0.4, 0.5) is 5.13 Å². The Kier molecular flexibility index (Phi) is 3.87. The Labute approximate surface area is 101 Å². The van der Waals surface area contributed by atoms with E-state index >= 15 is 0 Å². The van der Waals surface area contributed by atoms with E-state index in [4.69, 9.17) is 5.73 Å². The number of rotatable bonds is 4. The van der Waals surface area contributed by atoms with Gasteiger partial charge in [-0.2, -0.15) is 0 Å². The van der Waals surface area contributed by atoms with Crippen LogP contribution in [0.3, 0.4) is 0 Å². The maximum absolute atomic E-state index is 11.7. The van der Waals surface area contributed by atoms with Crippen LogP contribution in [0, 0.1) is 6.92 Å². The highest BCUT2D eigenvalue weighted by Crippen LogP contribution is 2.24. The summed E-state index contributed by atoms with van der Waals surface area (Å²) in [5, 5.41) is 0.241. The number of hydrogen-bond acceptors (Lipinski definition) is 5. The van der Waals surface area contributed by atoms with E-state index in [1.807, 2.05) is 0 Å². The first-order chi connectivity index (χ1) is 6.83. The molecule has 5 nitrogen and oxygen atoms in total. The molecule has 0 aromatic carbocycles. The number of aryl methyl sites for hydroxylation is 1. The number of thiazole rings is 1. The maximum atomic E-state index is 11.7. The zero-order valence-corrected chi connectivity index (χ0v) is 11.2. The van der Waals surface area contributed by atoms with Crippen molar-refractivity contribution in [1.29, 1.82) is 0 Å². The SMILES string of the molecule is C=C(Br)CNS(=O)(=O)c1sc(N)nc1C. The minimum atomic E-state index is -3.53. The molecule has 1 aromatic rings. The lowest BCUT2D eigenvalue weighted by Gasteiger charge is -2.03. The fraction of sp³-hybridized carbons (Fsp3) is 0.286. The summed E-state index contributed by atoms with van der Waals surface area (Å²) in [6.07, 6.45) is 0. The smallest absolute Gasteiger partial charge is 0.252 e. The predicted octanol–water partition coefficient (Wildman–Crippen LogP) is 1.22. The second kappa shape index (κ2) is 4.60. The first-order valence-electron chi connectivity index (χ1n) is 3.89. The molecule has 8 heteroatoms. The van der Waals surface area contributed by atoms with Gasteiger partial charge in [-0.05, 0) is 6.92 Å². The fourth-order valence-corrected chi connectivity index (χ4v) is 3.58. The molecule has 0 saturated heterocycles. The van der Waals surface area contributed by atoms with Crippen LogP contribution in [0.15, 0.2) is 15.3 Å². The molecule has 0 saturated carbocycles. The van der Waals surface area contributed by atoms with E-state index in [1.54, 1.807) is 6.92 Å². The second-order valence-electron chi connectivity index (χ2n) is 2.77. The minimum absolute atomic E-state index is 0.138. The van der Waals surface area contributed by atoms with Crippen LogP contribution >= 0.6 is 27.3 Å². The van der Waals surface area contributed by atoms with Crippen LogP contribution in [-0.2, 0) is 10.0 Å². The summed E-state index contributed by atoms with van der Waals surface area (Å²) < 4.78 is 26.5. The third-order valence-corrected chi connectivity index (χ3v) is 4.75. The van der Waals surface area contributed by atoms with Gasteiger partial charge in [0.2, 0.25) is 0 Å². The van der Waals surface area contributed by atoms with E-state index in [0.717, 1.165) is 11.3 Å². The summed E-state index contributed by atoms with van der Waals surface area (Å²) in [7, 11) is -3.53. The van der Waals surface area contributed by atoms with Gasteiger partial charge in [0.05, 0.1) is 5.69 Å². The molecule has 15 heavy (non-hydrogen) atoms. The molecular formula is C7H10BrN3O2S2. The van der Waals surface area contributed by atoms with E-state index in [-0.39, 0.29) is 15.9 Å². The predicted molar refractivity (Wildman–Crippen MR) is 64.5 cm³/mol. The zero-order chi connectivity index (χ0) is 11.6. The van der Waals surface area contributed by atoms with Crippen LogP contribution in [0.1, 0.15) is 5.69 Å². The number of hydrogen-bond donors (Lipinski definition) is 2. The number of nitrogens with zero attached hydrogens (tertiary/aromatic N) is 1. The van der Waals surface area contributed by atoms with Gasteiger partial charge >= 0.3 is 0 Å². The molecule has 0 aliphatic carbocycles. The highest BCUT2D eigenvalue weighted by molar-refractivity contribution is 9.11. The molecule has 0 spiro atoms. The monoisotopic (exact) mass is 311 g/mol. The lowest BCUT2D eigenvalue weighted by Crippen LogP contribution is -2.24. The zero-order valence-electron chi connectivity index (χ0n) is 7.95. The van der Waals surface area contributed by atoms with Crippen molar-refractivity contribution in [3.63, 3.8) is 0 Å². The van der Waals surface area contributed by atoms with Crippen LogP contribution in [-0.4, -0.2) is 19.9 Å². The van der Waals surface area contributed by atoms with Crippen LogP contribution < -0.4 is 10.5 Å². The summed E-state index contributed by atoms with van der Waals surface area (Å²) in [4.78, 5) is 3.85. The highest BCUT2D eigenvalue weighted by atomic mass is 79.9. The van der Waals surface area contributed by atoms with Crippen molar-refractivity contribution in [2.45, 2.75) is 11.1 Å². The summed E-state index contributed by atoms with van der Waals surface area (Å²) in [6.45, 7) is 5.27. The Hall–Kier alpha value is -0.440. The van der Waals surface area contributed by atoms with Crippen molar-refractivity contribution in [1.82, 2.24) is 9.71 Å². The van der Waals surface area contributed by atoms with E-state index in [0.29, 0.717) is 10.2 Å². The lowest BCUT2D eigenvalue weighted by molar-refractivity contribution is 0.587. The first kappa shape index (κ1) is 12.6. The van der Waals surface area contributed by atoms with Crippen molar-refractivity contribution >= 4 is 42.4 Å². The average Bonchev–Trinajstić information content (AvgIpc) is 2.43. The molecule has 0 amide bonds. The molecule has 0 aliphatic rings. The van der Waals surface area contributed by atoms with Gasteiger partial charge in [-0.1, -0.05) is 33.8 Å². The summed E-state index contributed by atoms with van der Waals surface area (Å²) in [5.74, 6) is 0. The lowest BCUT2D eigenvalue weighted by atomic mass is 10.6. The van der Waals surface area contributed by atoms with Gasteiger partial charge < -0.3 is 5.73 Å². The highest BCUT2D eigenvalue weighted by Gasteiger charge is 2.20. The quantitative estimate of drug-likeness (QED) is 0.875. The first-order valence-corrected chi connectivity index (χ1v) is 6.98. The molecule has 0 radical (unpaired) electrons. The van der Waals surface area contributed by atoms with E-state index in [9.17, 15) is 8.42 Å². The number of nitrogen functional groups attached to an aromatic ring is 1. The van der Waals surface area contributed by atoms with E-state index < -0.39 is 10.0 Å². The molecule has 0 atom stereocenters. The van der Waals surface area contributed by atoms with Crippen molar-refractivity contribution in [3.05, 3.63) is 16.8 Å². The molecular weight excluding hydrogens is 302 g/mol. The molecule has 3 N–H and O–H groups in total. The van der Waals surface area contributed by atoms with Gasteiger partial charge in [-0.15, -0.1) is 0 Å². The molecule has 1 rings (SSSR count). The van der Waals surface area contributed by atoms with Crippen molar-refractivity contribution < 1.29 is 8.42 Å². The van der Waals surface area contributed by atoms with Gasteiger partial charge in [0.15, 0.2) is 9.34 Å². The molecule has 0 bridgehead atoms. The topological polar surface area (TPSA) is 85.1 Å². The van der Waals surface area contributed by atoms with Crippen LogP contribution in [0.25, 0.3) is 0 Å². The number of anilines is 1. The third-order valence-electron chi connectivity index (χ3n) is 1.47. The molecule has 84 valence electrons. The molecule has 0 fully saturated rings. The number of halogens is 1. The van der Waals surface area contributed by atoms with Crippen molar-refractivity contribution in [2.24, 2.45) is 0 Å². The standard InChI is InChI=1S/C7H10BrN3O2S2/c1-4(8)3-10-15(12,13)6-5(2)11-7(9)14-6/h10H,1,3H2,2H3,(H2,9,11). The van der Waals surface area contributed by atoms with Crippen LogP contribution in [0.5, 0.6) is 0 Å². The molecule has 1 aromatic heterocycles. The molecule has 1 heterocycles.